The van der Waals surface area contributed by atoms with E-state index >= 15 is 0 Å². The van der Waals surface area contributed by atoms with E-state index in [-0.39, 0.29) is 25.0 Å². The van der Waals surface area contributed by atoms with Crippen LogP contribution < -0.4 is 0 Å². The van der Waals surface area contributed by atoms with Crippen molar-refractivity contribution in [1.82, 2.24) is 4.90 Å². The Hall–Kier alpha value is -1.88. The van der Waals surface area contributed by atoms with Gasteiger partial charge in [-0.1, -0.05) is 18.6 Å². The van der Waals surface area contributed by atoms with Crippen LogP contribution in [0.5, 0.6) is 0 Å². The van der Waals surface area contributed by atoms with Crippen molar-refractivity contribution in [2.45, 2.75) is 37.6 Å². The SMILES string of the molecule is O=C(O)C[C@@H]1COCCN1C(=O)c1ccc(C2CCC2)cc1. The van der Waals surface area contributed by atoms with E-state index in [9.17, 15) is 9.59 Å². The minimum atomic E-state index is -0.909. The molecular weight excluding hydrogens is 282 g/mol. The van der Waals surface area contributed by atoms with Gasteiger partial charge in [0.25, 0.3) is 5.91 Å². The zero-order chi connectivity index (χ0) is 15.5. The molecule has 1 saturated heterocycles. The number of hydrogen-bond donors (Lipinski definition) is 1. The van der Waals surface area contributed by atoms with Crippen LogP contribution in [0.15, 0.2) is 24.3 Å². The lowest BCUT2D eigenvalue weighted by atomic mass is 9.80. The lowest BCUT2D eigenvalue weighted by Crippen LogP contribution is -2.49. The Morgan fingerprint density at radius 1 is 1.23 bits per heavy atom. The maximum absolute atomic E-state index is 12.6. The molecule has 22 heavy (non-hydrogen) atoms. The third kappa shape index (κ3) is 3.14. The third-order valence-corrected chi connectivity index (χ3v) is 4.63. The number of morpholine rings is 1. The molecule has 1 aromatic rings. The minimum Gasteiger partial charge on any atom is -0.481 e. The zero-order valence-corrected chi connectivity index (χ0v) is 12.5. The van der Waals surface area contributed by atoms with Crippen LogP contribution in [0.3, 0.4) is 0 Å². The van der Waals surface area contributed by atoms with E-state index < -0.39 is 5.97 Å². The number of aliphatic carboxylic acids is 1. The number of benzene rings is 1. The van der Waals surface area contributed by atoms with Crippen molar-refractivity contribution in [2.75, 3.05) is 19.8 Å². The van der Waals surface area contributed by atoms with Gasteiger partial charge >= 0.3 is 5.97 Å². The van der Waals surface area contributed by atoms with Gasteiger partial charge < -0.3 is 14.7 Å². The predicted octanol–water partition coefficient (Wildman–Crippen LogP) is 2.27. The first-order valence-corrected chi connectivity index (χ1v) is 7.85. The fourth-order valence-corrected chi connectivity index (χ4v) is 3.10. The largest absolute Gasteiger partial charge is 0.481 e. The van der Waals surface area contributed by atoms with Crippen LogP contribution in [-0.4, -0.2) is 47.7 Å². The van der Waals surface area contributed by atoms with Crippen molar-refractivity contribution < 1.29 is 19.4 Å². The molecular formula is C17H21NO4. The van der Waals surface area contributed by atoms with Crippen LogP contribution in [0, 0.1) is 0 Å². The number of amides is 1. The summed E-state index contributed by atoms with van der Waals surface area (Å²) in [4.78, 5) is 25.2. The smallest absolute Gasteiger partial charge is 0.305 e. The number of carbonyl (C=O) groups is 2. The summed E-state index contributed by atoms with van der Waals surface area (Å²) in [5.74, 6) is -0.365. The summed E-state index contributed by atoms with van der Waals surface area (Å²) in [5, 5.41) is 8.97. The molecule has 5 heteroatoms. The number of carboxylic acids is 1. The highest BCUT2D eigenvalue weighted by Crippen LogP contribution is 2.36. The average Bonchev–Trinajstić information content (AvgIpc) is 2.45. The van der Waals surface area contributed by atoms with Gasteiger partial charge in [0.1, 0.15) is 0 Å². The molecule has 1 aliphatic carbocycles. The van der Waals surface area contributed by atoms with Crippen LogP contribution >= 0.6 is 0 Å². The minimum absolute atomic E-state index is 0.0775. The maximum Gasteiger partial charge on any atom is 0.305 e. The van der Waals surface area contributed by atoms with Crippen LogP contribution in [0.4, 0.5) is 0 Å². The molecule has 0 aromatic heterocycles. The van der Waals surface area contributed by atoms with Gasteiger partial charge in [-0.3, -0.25) is 9.59 Å². The molecule has 0 unspecified atom stereocenters. The van der Waals surface area contributed by atoms with Crippen molar-refractivity contribution in [3.63, 3.8) is 0 Å². The van der Waals surface area contributed by atoms with E-state index in [0.29, 0.717) is 24.6 Å². The number of rotatable bonds is 4. The van der Waals surface area contributed by atoms with Crippen LogP contribution in [0.25, 0.3) is 0 Å². The number of hydrogen-bond acceptors (Lipinski definition) is 3. The molecule has 0 radical (unpaired) electrons. The summed E-state index contributed by atoms with van der Waals surface area (Å²) in [6.07, 6.45) is 3.68. The number of carboxylic acid groups (broad SMARTS) is 1. The van der Waals surface area contributed by atoms with Crippen LogP contribution in [-0.2, 0) is 9.53 Å². The molecule has 1 saturated carbocycles. The monoisotopic (exact) mass is 303 g/mol. The highest BCUT2D eigenvalue weighted by Gasteiger charge is 2.30. The summed E-state index contributed by atoms with van der Waals surface area (Å²) < 4.78 is 5.31. The Kier molecular flexibility index (Phi) is 4.43. The van der Waals surface area contributed by atoms with Gasteiger partial charge in [0.2, 0.25) is 0 Å². The van der Waals surface area contributed by atoms with E-state index in [4.69, 9.17) is 9.84 Å². The second kappa shape index (κ2) is 6.48. The topological polar surface area (TPSA) is 66.8 Å². The van der Waals surface area contributed by atoms with Gasteiger partial charge in [-0.15, -0.1) is 0 Å². The van der Waals surface area contributed by atoms with E-state index in [0.717, 1.165) is 0 Å². The first-order valence-electron chi connectivity index (χ1n) is 7.85. The Morgan fingerprint density at radius 2 is 1.95 bits per heavy atom. The summed E-state index contributed by atoms with van der Waals surface area (Å²) >= 11 is 0. The van der Waals surface area contributed by atoms with Gasteiger partial charge in [0.15, 0.2) is 0 Å². The standard InChI is InChI=1S/C17H21NO4/c19-16(20)10-15-11-22-9-8-18(15)17(21)14-6-4-13(5-7-14)12-2-1-3-12/h4-7,12,15H,1-3,8-11H2,(H,19,20)/t15-/m1/s1. The molecule has 1 amide bonds. The summed E-state index contributed by atoms with van der Waals surface area (Å²) in [7, 11) is 0. The fraction of sp³-hybridized carbons (Fsp3) is 0.529. The van der Waals surface area contributed by atoms with Gasteiger partial charge in [-0.2, -0.15) is 0 Å². The number of ether oxygens (including phenoxy) is 1. The van der Waals surface area contributed by atoms with Gasteiger partial charge in [-0.05, 0) is 36.5 Å². The van der Waals surface area contributed by atoms with Crippen molar-refractivity contribution in [3.05, 3.63) is 35.4 Å². The molecule has 1 atom stereocenters. The quantitative estimate of drug-likeness (QED) is 0.926. The molecule has 3 rings (SSSR count). The second-order valence-corrected chi connectivity index (χ2v) is 6.07. The predicted molar refractivity (Wildman–Crippen MR) is 80.9 cm³/mol. The van der Waals surface area contributed by atoms with E-state index in [1.165, 1.54) is 24.8 Å². The Balaban J connectivity index is 1.71. The number of nitrogens with zero attached hydrogens (tertiary/aromatic N) is 1. The van der Waals surface area contributed by atoms with Crippen LogP contribution in [0.1, 0.15) is 47.5 Å². The van der Waals surface area contributed by atoms with E-state index in [2.05, 4.69) is 0 Å². The molecule has 5 nitrogen and oxygen atoms in total. The molecule has 0 spiro atoms. The first kappa shape index (κ1) is 15.0. The van der Waals surface area contributed by atoms with Crippen molar-refractivity contribution in [3.8, 4) is 0 Å². The Labute approximate surface area is 129 Å². The molecule has 0 bridgehead atoms. The lowest BCUT2D eigenvalue weighted by Gasteiger charge is -2.35. The highest BCUT2D eigenvalue weighted by atomic mass is 16.5. The Bertz CT molecular complexity index is 550. The molecule has 2 fully saturated rings. The fourth-order valence-electron chi connectivity index (χ4n) is 3.10. The third-order valence-electron chi connectivity index (χ3n) is 4.63. The molecule has 1 heterocycles. The van der Waals surface area contributed by atoms with Crippen LogP contribution in [0.2, 0.25) is 0 Å². The van der Waals surface area contributed by atoms with Gasteiger partial charge in [0.05, 0.1) is 25.7 Å². The normalized spacial score (nSPS) is 22.2. The van der Waals surface area contributed by atoms with Gasteiger partial charge in [-0.25, -0.2) is 0 Å². The average molecular weight is 303 g/mol. The van der Waals surface area contributed by atoms with Crippen molar-refractivity contribution >= 4 is 11.9 Å². The molecule has 1 aromatic carbocycles. The van der Waals surface area contributed by atoms with Crippen molar-refractivity contribution in [1.29, 1.82) is 0 Å². The Morgan fingerprint density at radius 3 is 2.55 bits per heavy atom. The molecule has 2 aliphatic rings. The molecule has 1 aliphatic heterocycles. The lowest BCUT2D eigenvalue weighted by molar-refractivity contribution is -0.139. The molecule has 118 valence electrons. The van der Waals surface area contributed by atoms with Crippen molar-refractivity contribution in [2.24, 2.45) is 0 Å². The summed E-state index contributed by atoms with van der Waals surface area (Å²) in [5.41, 5.74) is 1.92. The van der Waals surface area contributed by atoms with E-state index in [1.54, 1.807) is 4.90 Å². The zero-order valence-electron chi connectivity index (χ0n) is 12.5. The highest BCUT2D eigenvalue weighted by molar-refractivity contribution is 5.94. The summed E-state index contributed by atoms with van der Waals surface area (Å²) in [6.45, 7) is 1.20. The van der Waals surface area contributed by atoms with Gasteiger partial charge in [0, 0.05) is 12.1 Å². The maximum atomic E-state index is 12.6. The number of carbonyl (C=O) groups excluding carboxylic acids is 1. The molecule has 1 N–H and O–H groups in total. The summed E-state index contributed by atoms with van der Waals surface area (Å²) in [6, 6.07) is 7.41. The first-order chi connectivity index (χ1) is 10.6. The van der Waals surface area contributed by atoms with E-state index in [1.807, 2.05) is 24.3 Å². The second-order valence-electron chi connectivity index (χ2n) is 6.07.